The number of amides is 1. The number of nitrogens with zero attached hydrogens (tertiary/aromatic N) is 1. The van der Waals surface area contributed by atoms with Crippen molar-refractivity contribution in [3.8, 4) is 5.75 Å². The maximum absolute atomic E-state index is 12.5. The predicted octanol–water partition coefficient (Wildman–Crippen LogP) is 3.28. The van der Waals surface area contributed by atoms with Gasteiger partial charge in [-0.2, -0.15) is 0 Å². The van der Waals surface area contributed by atoms with Gasteiger partial charge in [0.25, 0.3) is 5.91 Å². The Morgan fingerprint density at radius 3 is 2.68 bits per heavy atom. The Balaban J connectivity index is 1.38. The summed E-state index contributed by atoms with van der Waals surface area (Å²) in [5, 5.41) is 3.21. The summed E-state index contributed by atoms with van der Waals surface area (Å²) in [6.45, 7) is 3.33. The summed E-state index contributed by atoms with van der Waals surface area (Å²) in [5.74, 6) is 1.52. The number of carbonyl (C=O) groups excluding carboxylic acids is 1. The molecule has 2 unspecified atom stereocenters. The molecule has 130 valence electrons. The second-order valence-electron chi connectivity index (χ2n) is 6.69. The lowest BCUT2D eigenvalue weighted by Gasteiger charge is -2.23. The molecular weight excluding hydrogens is 332 g/mol. The lowest BCUT2D eigenvalue weighted by Crippen LogP contribution is -2.43. The molecule has 0 spiro atoms. The van der Waals surface area contributed by atoms with Crippen molar-refractivity contribution in [2.45, 2.75) is 22.3 Å². The number of benzene rings is 2. The standard InChI is InChI=1S/C20H22N2O2S/c1-24-16-3-2-4-18(11-16)25-17-7-5-14(6-8-17)20(23)21-19-13-22-10-9-15(19)12-22/h2-8,11,15,19H,9-10,12-13H2,1H3,(H,21,23)/t15-,19?/m0/s1. The molecule has 2 aromatic carbocycles. The van der Waals surface area contributed by atoms with Crippen molar-refractivity contribution < 1.29 is 9.53 Å². The fraction of sp³-hybridized carbons (Fsp3) is 0.350. The smallest absolute Gasteiger partial charge is 0.251 e. The van der Waals surface area contributed by atoms with Crippen molar-refractivity contribution in [2.75, 3.05) is 26.7 Å². The molecule has 25 heavy (non-hydrogen) atoms. The molecule has 2 heterocycles. The van der Waals surface area contributed by atoms with Gasteiger partial charge in [0.05, 0.1) is 7.11 Å². The van der Waals surface area contributed by atoms with Gasteiger partial charge in [-0.15, -0.1) is 0 Å². The Morgan fingerprint density at radius 2 is 2.00 bits per heavy atom. The van der Waals surface area contributed by atoms with E-state index in [9.17, 15) is 4.79 Å². The summed E-state index contributed by atoms with van der Waals surface area (Å²) in [5.41, 5.74) is 0.729. The first-order valence-electron chi connectivity index (χ1n) is 8.66. The van der Waals surface area contributed by atoms with Gasteiger partial charge in [0, 0.05) is 34.5 Å². The van der Waals surface area contributed by atoms with Crippen molar-refractivity contribution in [2.24, 2.45) is 5.92 Å². The summed E-state index contributed by atoms with van der Waals surface area (Å²) in [7, 11) is 1.67. The highest BCUT2D eigenvalue weighted by molar-refractivity contribution is 7.99. The van der Waals surface area contributed by atoms with E-state index < -0.39 is 0 Å². The van der Waals surface area contributed by atoms with Crippen LogP contribution in [0.2, 0.25) is 0 Å². The SMILES string of the molecule is COc1cccc(Sc2ccc(C(=O)NC3CN4CC[C@H]3C4)cc2)c1. The number of hydrogen-bond acceptors (Lipinski definition) is 4. The number of carbonyl (C=O) groups is 1. The number of methoxy groups -OCH3 is 1. The fourth-order valence-corrected chi connectivity index (χ4v) is 4.54. The van der Waals surface area contributed by atoms with Gasteiger partial charge in [0.2, 0.25) is 0 Å². The summed E-state index contributed by atoms with van der Waals surface area (Å²) in [6, 6.07) is 16.1. The average molecular weight is 354 g/mol. The molecule has 2 bridgehead atoms. The molecule has 2 aliphatic rings. The minimum atomic E-state index is 0.0386. The summed E-state index contributed by atoms with van der Waals surface area (Å²) in [6.07, 6.45) is 1.21. The summed E-state index contributed by atoms with van der Waals surface area (Å²) in [4.78, 5) is 17.1. The van der Waals surface area contributed by atoms with E-state index >= 15 is 0 Å². The van der Waals surface area contributed by atoms with Crippen LogP contribution in [0.5, 0.6) is 5.75 Å². The average Bonchev–Trinajstić information content (AvgIpc) is 3.25. The lowest BCUT2D eigenvalue weighted by molar-refractivity contribution is 0.0924. The summed E-state index contributed by atoms with van der Waals surface area (Å²) >= 11 is 1.66. The maximum Gasteiger partial charge on any atom is 0.251 e. The number of hydrogen-bond donors (Lipinski definition) is 1. The first kappa shape index (κ1) is 16.5. The number of piperidine rings is 1. The highest BCUT2D eigenvalue weighted by Crippen LogP contribution is 2.30. The number of ether oxygens (including phenoxy) is 1. The molecule has 5 heteroatoms. The van der Waals surface area contributed by atoms with Gasteiger partial charge in [0.1, 0.15) is 5.75 Å². The molecule has 0 aromatic heterocycles. The molecule has 0 saturated carbocycles. The first-order valence-corrected chi connectivity index (χ1v) is 9.48. The Labute approximate surface area is 152 Å². The van der Waals surface area contributed by atoms with E-state index in [0.717, 1.165) is 34.2 Å². The van der Waals surface area contributed by atoms with E-state index in [4.69, 9.17) is 4.74 Å². The minimum Gasteiger partial charge on any atom is -0.497 e. The van der Waals surface area contributed by atoms with Crippen LogP contribution < -0.4 is 10.1 Å². The van der Waals surface area contributed by atoms with Crippen molar-refractivity contribution in [3.63, 3.8) is 0 Å². The van der Waals surface area contributed by atoms with Crippen molar-refractivity contribution in [3.05, 3.63) is 54.1 Å². The number of rotatable bonds is 5. The second kappa shape index (κ2) is 7.10. The Morgan fingerprint density at radius 1 is 1.16 bits per heavy atom. The van der Waals surface area contributed by atoms with Crippen molar-refractivity contribution in [1.29, 1.82) is 0 Å². The Bertz CT molecular complexity index is 763. The zero-order valence-corrected chi connectivity index (χ0v) is 15.1. The summed E-state index contributed by atoms with van der Waals surface area (Å²) < 4.78 is 5.26. The zero-order valence-electron chi connectivity index (χ0n) is 14.3. The predicted molar refractivity (Wildman–Crippen MR) is 99.4 cm³/mol. The molecule has 2 saturated heterocycles. The van der Waals surface area contributed by atoms with E-state index in [-0.39, 0.29) is 5.91 Å². The van der Waals surface area contributed by atoms with Crippen LogP contribution in [0.4, 0.5) is 0 Å². The van der Waals surface area contributed by atoms with E-state index in [2.05, 4.69) is 16.3 Å². The van der Waals surface area contributed by atoms with Crippen LogP contribution in [0.15, 0.2) is 58.3 Å². The first-order chi connectivity index (χ1) is 12.2. The topological polar surface area (TPSA) is 41.6 Å². The van der Waals surface area contributed by atoms with Gasteiger partial charge in [-0.25, -0.2) is 0 Å². The van der Waals surface area contributed by atoms with Crippen molar-refractivity contribution in [1.82, 2.24) is 10.2 Å². The van der Waals surface area contributed by atoms with Crippen molar-refractivity contribution >= 4 is 17.7 Å². The molecule has 1 amide bonds. The molecule has 2 aliphatic heterocycles. The molecule has 1 N–H and O–H groups in total. The van der Waals surface area contributed by atoms with Gasteiger partial charge in [-0.05, 0) is 61.3 Å². The van der Waals surface area contributed by atoms with Gasteiger partial charge in [0.15, 0.2) is 0 Å². The molecule has 0 radical (unpaired) electrons. The van der Waals surface area contributed by atoms with Gasteiger partial charge >= 0.3 is 0 Å². The molecule has 4 rings (SSSR count). The number of fused-ring (bicyclic) bond motifs is 2. The van der Waals surface area contributed by atoms with Crippen LogP contribution in [0, 0.1) is 5.92 Å². The van der Waals surface area contributed by atoms with Crippen LogP contribution in [0.25, 0.3) is 0 Å². The molecule has 2 fully saturated rings. The van der Waals surface area contributed by atoms with Crippen LogP contribution in [-0.2, 0) is 0 Å². The lowest BCUT2D eigenvalue weighted by atomic mass is 9.99. The fourth-order valence-electron chi connectivity index (χ4n) is 3.67. The zero-order chi connectivity index (χ0) is 17.2. The largest absolute Gasteiger partial charge is 0.497 e. The van der Waals surface area contributed by atoms with E-state index in [0.29, 0.717) is 12.0 Å². The molecular formula is C20H22N2O2S. The van der Waals surface area contributed by atoms with Gasteiger partial charge < -0.3 is 15.0 Å². The molecule has 0 aliphatic carbocycles. The Kier molecular flexibility index (Phi) is 4.68. The van der Waals surface area contributed by atoms with E-state index in [1.165, 1.54) is 13.0 Å². The third-order valence-electron chi connectivity index (χ3n) is 5.04. The monoisotopic (exact) mass is 354 g/mol. The van der Waals surface area contributed by atoms with E-state index in [1.54, 1.807) is 18.9 Å². The normalized spacial score (nSPS) is 24.3. The highest BCUT2D eigenvalue weighted by Gasteiger charge is 2.38. The van der Waals surface area contributed by atoms with Crippen LogP contribution >= 0.6 is 11.8 Å². The van der Waals surface area contributed by atoms with Crippen LogP contribution in [0.3, 0.4) is 0 Å². The maximum atomic E-state index is 12.5. The minimum absolute atomic E-state index is 0.0386. The van der Waals surface area contributed by atoms with Gasteiger partial charge in [-0.3, -0.25) is 4.79 Å². The highest BCUT2D eigenvalue weighted by atomic mass is 32.2. The third-order valence-corrected chi connectivity index (χ3v) is 6.04. The Hall–Kier alpha value is -1.98. The van der Waals surface area contributed by atoms with E-state index in [1.807, 2.05) is 42.5 Å². The number of nitrogens with one attached hydrogen (secondary N) is 1. The van der Waals surface area contributed by atoms with Gasteiger partial charge in [-0.1, -0.05) is 17.8 Å². The molecule has 3 atom stereocenters. The third kappa shape index (κ3) is 3.67. The second-order valence-corrected chi connectivity index (χ2v) is 7.84. The quantitative estimate of drug-likeness (QED) is 0.895. The van der Waals surface area contributed by atoms with Crippen LogP contribution in [-0.4, -0.2) is 43.6 Å². The van der Waals surface area contributed by atoms with Crippen LogP contribution in [0.1, 0.15) is 16.8 Å². The molecule has 4 nitrogen and oxygen atoms in total. The molecule has 2 aromatic rings.